The zero-order valence-corrected chi connectivity index (χ0v) is 43.5. The van der Waals surface area contributed by atoms with Crippen LogP contribution in [0.3, 0.4) is 0 Å². The number of esters is 2. The Hall–Kier alpha value is -2.40. The molecule has 0 aromatic heterocycles. The van der Waals surface area contributed by atoms with E-state index in [0.29, 0.717) is 43.3 Å². The first kappa shape index (κ1) is 55.4. The minimum absolute atomic E-state index is 0.00717. The number of ether oxygens (including phenoxy) is 11. The van der Waals surface area contributed by atoms with Crippen LogP contribution >= 0.6 is 0 Å². The molecule has 18 nitrogen and oxygen atoms in total. The van der Waals surface area contributed by atoms with Crippen LogP contribution in [0.2, 0.25) is 0 Å². The summed E-state index contributed by atoms with van der Waals surface area (Å²) in [4.78, 5) is 26.7. The highest BCUT2D eigenvalue weighted by Gasteiger charge is 2.81. The fourth-order valence-corrected chi connectivity index (χ4v) is 13.4. The maximum atomic E-state index is 13.6. The fraction of sp³-hybridized carbons (Fsp3) is 0.846. The Balaban J connectivity index is 1.03. The summed E-state index contributed by atoms with van der Waals surface area (Å²) in [5.74, 6) is -1.78. The first-order valence-corrected chi connectivity index (χ1v) is 25.3. The van der Waals surface area contributed by atoms with Crippen molar-refractivity contribution in [1.82, 2.24) is 0 Å². The molecule has 0 unspecified atom stereocenters. The van der Waals surface area contributed by atoms with Gasteiger partial charge in [0, 0.05) is 51.2 Å². The molecule has 18 heteroatoms. The molecule has 0 aromatic carbocycles. The van der Waals surface area contributed by atoms with Crippen molar-refractivity contribution in [2.45, 2.75) is 242 Å². The Morgan fingerprint density at radius 1 is 0.743 bits per heavy atom. The van der Waals surface area contributed by atoms with Gasteiger partial charge in [0.2, 0.25) is 0 Å². The van der Waals surface area contributed by atoms with E-state index < -0.39 is 138 Å². The Kier molecular flexibility index (Phi) is 16.7. The smallest absolute Gasteiger partial charge is 0.333 e. The van der Waals surface area contributed by atoms with E-state index in [9.17, 15) is 35.1 Å². The topological polar surface area (TPSA) is 237 Å². The van der Waals surface area contributed by atoms with E-state index in [4.69, 9.17) is 52.1 Å². The van der Waals surface area contributed by atoms with Gasteiger partial charge in [0.05, 0.1) is 42.0 Å². The van der Waals surface area contributed by atoms with E-state index >= 15 is 0 Å². The molecular weight excluding hydrogens is 913 g/mol. The third kappa shape index (κ3) is 9.30. The number of carbonyl (C=O) groups excluding carboxylic acids is 2. The minimum Gasteiger partial charge on any atom is -0.458 e. The lowest BCUT2D eigenvalue weighted by Crippen LogP contribution is -2.78. The van der Waals surface area contributed by atoms with Crippen molar-refractivity contribution in [1.29, 1.82) is 0 Å². The SMILES string of the molecule is C/C=C(\C)C(=O)O[C@@H](C)[C@]1(O)CC[C@@]2(O)[C@]1(C)[C@H](OC(=O)/C(C)=C/C)C[C@@H]1[C@@]3(C)CC[C@H](O[C@H]4C[C@H](OC)[C@H](O[C@H]5C[C@H](OC)[C@H](O[C@@H]6O[C@H](C)[C@@H](O)[C@@H](OC)[C@H]6O)[C@@H](C)O5)[C@@H](C)O4)CC3=CC[C@]12O. The molecule has 0 radical (unpaired) electrons. The molecule has 22 atom stereocenters. The predicted molar refractivity (Wildman–Crippen MR) is 251 cm³/mol. The first-order valence-electron chi connectivity index (χ1n) is 25.3. The zero-order valence-electron chi connectivity index (χ0n) is 43.5. The van der Waals surface area contributed by atoms with Crippen LogP contribution in [0, 0.1) is 16.7 Å². The molecule has 7 rings (SSSR count). The van der Waals surface area contributed by atoms with Gasteiger partial charge < -0.3 is 77.6 Å². The molecule has 7 aliphatic rings. The molecule has 70 heavy (non-hydrogen) atoms. The predicted octanol–water partition coefficient (Wildman–Crippen LogP) is 4.23. The van der Waals surface area contributed by atoms with Gasteiger partial charge in [-0.1, -0.05) is 37.6 Å². The van der Waals surface area contributed by atoms with Crippen molar-refractivity contribution in [3.05, 3.63) is 34.9 Å². The lowest BCUT2D eigenvalue weighted by molar-refractivity contribution is -0.352. The fourth-order valence-electron chi connectivity index (χ4n) is 13.4. The number of fused-ring (bicyclic) bond motifs is 5. The van der Waals surface area contributed by atoms with E-state index in [0.717, 1.165) is 5.57 Å². The van der Waals surface area contributed by atoms with Crippen LogP contribution in [0.15, 0.2) is 34.9 Å². The summed E-state index contributed by atoms with van der Waals surface area (Å²) in [6.45, 7) is 17.5. The summed E-state index contributed by atoms with van der Waals surface area (Å²) < 4.78 is 67.7. The third-order valence-corrected chi connectivity index (χ3v) is 18.2. The number of methoxy groups -OCH3 is 3. The van der Waals surface area contributed by atoms with Crippen molar-refractivity contribution in [3.63, 3.8) is 0 Å². The quantitative estimate of drug-likeness (QED) is 0.0930. The van der Waals surface area contributed by atoms with Crippen LogP contribution in [0.4, 0.5) is 0 Å². The molecule has 0 bridgehead atoms. The van der Waals surface area contributed by atoms with Gasteiger partial charge in [-0.15, -0.1) is 0 Å². The molecule has 3 aliphatic heterocycles. The number of allylic oxidation sites excluding steroid dienone is 2. The molecule has 0 spiro atoms. The molecule has 0 aromatic rings. The molecule has 3 saturated carbocycles. The number of carbonyl (C=O) groups is 2. The van der Waals surface area contributed by atoms with Crippen molar-refractivity contribution >= 4 is 11.9 Å². The van der Waals surface area contributed by atoms with Gasteiger partial charge in [0.15, 0.2) is 18.9 Å². The molecule has 5 N–H and O–H groups in total. The van der Waals surface area contributed by atoms with Gasteiger partial charge in [-0.2, -0.15) is 0 Å². The number of hydrogen-bond donors (Lipinski definition) is 5. The number of aliphatic hydroxyl groups is 5. The summed E-state index contributed by atoms with van der Waals surface area (Å²) in [6, 6.07) is 0. The van der Waals surface area contributed by atoms with E-state index in [-0.39, 0.29) is 31.8 Å². The number of hydrogen-bond acceptors (Lipinski definition) is 18. The third-order valence-electron chi connectivity index (χ3n) is 18.2. The Morgan fingerprint density at radius 2 is 1.33 bits per heavy atom. The second kappa shape index (κ2) is 21.1. The molecule has 3 saturated heterocycles. The maximum Gasteiger partial charge on any atom is 0.333 e. The summed E-state index contributed by atoms with van der Waals surface area (Å²) >= 11 is 0. The van der Waals surface area contributed by atoms with Gasteiger partial charge in [0.25, 0.3) is 0 Å². The molecule has 6 fully saturated rings. The lowest BCUT2D eigenvalue weighted by atomic mass is 9.42. The Morgan fingerprint density at radius 3 is 1.91 bits per heavy atom. The summed E-state index contributed by atoms with van der Waals surface area (Å²) in [7, 11) is 4.61. The standard InChI is InChI=1S/C52H82O18/c1-14-26(3)45(55)66-31(8)50(57)20-21-52(59)49(50,10)37(68-46(56)27(4)15-2)25-36-48(9)18-17-33(22-32(48)16-19-51(36,52)58)67-38-23-34(60-11)42(29(6)63-38)69-39-24-35(61-12)43(30(7)64-39)70-47-41(54)44(62-13)40(53)28(5)65-47/h14-16,28-31,33-44,47,53-54,57-59H,17-25H2,1-13H3/b26-14+,27-15+/t28-,29-,30-,31+,33+,34+,35+,36-,37-,38+,39+,40-,41-,42-,43-,44-,47+,48+,49-,50-,51+,52-/m1/s1. The minimum atomic E-state index is -1.95. The highest BCUT2D eigenvalue weighted by molar-refractivity contribution is 5.88. The summed E-state index contributed by atoms with van der Waals surface area (Å²) in [5, 5.41) is 60.5. The lowest BCUT2D eigenvalue weighted by Gasteiger charge is -2.67. The Bertz CT molecular complexity index is 1980. The average molecular weight is 995 g/mol. The van der Waals surface area contributed by atoms with Crippen LogP contribution in [-0.2, 0) is 61.7 Å². The van der Waals surface area contributed by atoms with Gasteiger partial charge in [-0.05, 0) is 106 Å². The summed E-state index contributed by atoms with van der Waals surface area (Å²) in [6.07, 6.45) is -3.84. The second-order valence-corrected chi connectivity index (χ2v) is 21.6. The number of rotatable bonds is 14. The van der Waals surface area contributed by atoms with Crippen molar-refractivity contribution in [3.8, 4) is 0 Å². The van der Waals surface area contributed by atoms with Crippen molar-refractivity contribution in [2.75, 3.05) is 21.3 Å². The van der Waals surface area contributed by atoms with Gasteiger partial charge in [-0.25, -0.2) is 9.59 Å². The maximum absolute atomic E-state index is 13.6. The van der Waals surface area contributed by atoms with Crippen LogP contribution in [0.5, 0.6) is 0 Å². The Labute approximate surface area is 413 Å². The normalized spacial score (nSPS) is 48.1. The van der Waals surface area contributed by atoms with Crippen LogP contribution in [0.1, 0.15) is 127 Å². The highest BCUT2D eigenvalue weighted by Crippen LogP contribution is 2.71. The van der Waals surface area contributed by atoms with E-state index in [1.54, 1.807) is 74.8 Å². The number of aliphatic hydroxyl groups excluding tert-OH is 2. The van der Waals surface area contributed by atoms with Crippen molar-refractivity contribution in [2.24, 2.45) is 16.7 Å². The van der Waals surface area contributed by atoms with Gasteiger partial charge in [0.1, 0.15) is 59.5 Å². The zero-order chi connectivity index (χ0) is 51.5. The second-order valence-electron chi connectivity index (χ2n) is 21.6. The monoisotopic (exact) mass is 995 g/mol. The molecular formula is C52H82O18. The van der Waals surface area contributed by atoms with Crippen molar-refractivity contribution < 1.29 is 87.2 Å². The molecule has 4 aliphatic carbocycles. The van der Waals surface area contributed by atoms with Gasteiger partial charge >= 0.3 is 11.9 Å². The average Bonchev–Trinajstić information content (AvgIpc) is 3.56. The molecule has 0 amide bonds. The van der Waals surface area contributed by atoms with Crippen LogP contribution in [-0.4, -0.2) is 174 Å². The van der Waals surface area contributed by atoms with E-state index in [2.05, 4.69) is 6.92 Å². The molecule has 398 valence electrons. The van der Waals surface area contributed by atoms with Gasteiger partial charge in [-0.3, -0.25) is 0 Å². The van der Waals surface area contributed by atoms with E-state index in [1.165, 1.54) is 7.11 Å². The largest absolute Gasteiger partial charge is 0.458 e. The summed E-state index contributed by atoms with van der Waals surface area (Å²) in [5.41, 5.74) is -6.05. The van der Waals surface area contributed by atoms with Crippen LogP contribution < -0.4 is 0 Å². The highest BCUT2D eigenvalue weighted by atomic mass is 16.8. The van der Waals surface area contributed by atoms with E-state index in [1.807, 2.05) is 19.9 Å². The van der Waals surface area contributed by atoms with Crippen LogP contribution in [0.25, 0.3) is 0 Å². The molecule has 3 heterocycles. The first-order chi connectivity index (χ1) is 32.9.